The third-order valence-corrected chi connectivity index (χ3v) is 4.42. The van der Waals surface area contributed by atoms with Gasteiger partial charge in [-0.25, -0.2) is 14.1 Å². The van der Waals surface area contributed by atoms with Crippen LogP contribution >= 0.6 is 15.9 Å². The average Bonchev–Trinajstić information content (AvgIpc) is 3.07. The second-order valence-corrected chi connectivity index (χ2v) is 6.01. The summed E-state index contributed by atoms with van der Waals surface area (Å²) in [6.07, 6.45) is 1.47. The van der Waals surface area contributed by atoms with Crippen LogP contribution in [-0.2, 0) is 13.6 Å². The molecular weight excluding hydrogens is 379 g/mol. The van der Waals surface area contributed by atoms with Crippen LogP contribution in [0.1, 0.15) is 21.7 Å². The van der Waals surface area contributed by atoms with Crippen molar-refractivity contribution in [1.82, 2.24) is 24.5 Å². The van der Waals surface area contributed by atoms with Crippen LogP contribution in [0.2, 0.25) is 0 Å². The van der Waals surface area contributed by atoms with Crippen molar-refractivity contribution in [2.45, 2.75) is 13.5 Å². The third kappa shape index (κ3) is 3.35. The van der Waals surface area contributed by atoms with E-state index in [1.807, 2.05) is 6.92 Å². The van der Waals surface area contributed by atoms with E-state index in [9.17, 15) is 9.18 Å². The number of aryl methyl sites for hydroxylation is 1. The van der Waals surface area contributed by atoms with E-state index < -0.39 is 5.91 Å². The van der Waals surface area contributed by atoms with E-state index in [1.54, 1.807) is 23.9 Å². The first-order chi connectivity index (χ1) is 11.4. The first-order valence-electron chi connectivity index (χ1n) is 7.08. The molecule has 3 aromatic rings. The number of carbonyl (C=O) groups excluding carboxylic acids is 1. The van der Waals surface area contributed by atoms with Gasteiger partial charge in [0.1, 0.15) is 12.1 Å². The van der Waals surface area contributed by atoms with Crippen LogP contribution in [0.5, 0.6) is 0 Å². The van der Waals surface area contributed by atoms with Crippen molar-refractivity contribution in [3.63, 3.8) is 0 Å². The molecule has 0 aliphatic heterocycles. The minimum atomic E-state index is -0.408. The lowest BCUT2D eigenvalue weighted by Gasteiger charge is -2.01. The average molecular weight is 393 g/mol. The Morgan fingerprint density at radius 2 is 2.17 bits per heavy atom. The summed E-state index contributed by atoms with van der Waals surface area (Å²) in [6, 6.07) is 6.22. The number of carbonyl (C=O) groups is 1. The number of nitrogens with zero attached hydrogens (tertiary/aromatic N) is 5. The SMILES string of the molecule is Cc1c(Br)c(C(=O)Nc2ncn(Cc3cccc(F)c3)n2)nn1C. The summed E-state index contributed by atoms with van der Waals surface area (Å²) >= 11 is 3.35. The molecule has 0 saturated carbocycles. The zero-order chi connectivity index (χ0) is 17.3. The van der Waals surface area contributed by atoms with Gasteiger partial charge in [0.25, 0.3) is 5.91 Å². The molecule has 0 fully saturated rings. The smallest absolute Gasteiger partial charge is 0.279 e. The van der Waals surface area contributed by atoms with Crippen LogP contribution in [0.4, 0.5) is 10.3 Å². The number of halogens is 2. The van der Waals surface area contributed by atoms with E-state index in [1.165, 1.54) is 23.1 Å². The van der Waals surface area contributed by atoms with Crippen molar-refractivity contribution in [3.05, 3.63) is 57.8 Å². The predicted octanol–water partition coefficient (Wildman–Crippen LogP) is 2.52. The summed E-state index contributed by atoms with van der Waals surface area (Å²) in [5.74, 6) is -0.558. The maximum Gasteiger partial charge on any atom is 0.279 e. The van der Waals surface area contributed by atoms with Gasteiger partial charge in [-0.1, -0.05) is 12.1 Å². The van der Waals surface area contributed by atoms with Crippen LogP contribution in [0, 0.1) is 12.7 Å². The highest BCUT2D eigenvalue weighted by molar-refractivity contribution is 9.10. The van der Waals surface area contributed by atoms with E-state index in [0.29, 0.717) is 11.0 Å². The second-order valence-electron chi connectivity index (χ2n) is 5.22. The van der Waals surface area contributed by atoms with Gasteiger partial charge < -0.3 is 0 Å². The molecule has 7 nitrogen and oxygen atoms in total. The molecule has 0 saturated heterocycles. The standard InChI is InChI=1S/C15H14BrFN6O/c1-9-12(16)13(20-22(9)2)14(24)19-15-18-8-23(21-15)7-10-4-3-5-11(17)6-10/h3-6,8H,7H2,1-2H3,(H,19,21,24). The molecule has 2 aromatic heterocycles. The number of aromatic nitrogens is 5. The Morgan fingerprint density at radius 3 is 2.83 bits per heavy atom. The van der Waals surface area contributed by atoms with Crippen LogP contribution < -0.4 is 5.32 Å². The molecule has 3 rings (SSSR count). The second kappa shape index (κ2) is 6.52. The van der Waals surface area contributed by atoms with Crippen LogP contribution in [-0.4, -0.2) is 30.5 Å². The molecule has 1 amide bonds. The minimum Gasteiger partial charge on any atom is -0.288 e. The number of hydrogen-bond donors (Lipinski definition) is 1. The number of rotatable bonds is 4. The van der Waals surface area contributed by atoms with Gasteiger partial charge in [0, 0.05) is 7.05 Å². The number of anilines is 1. The number of nitrogens with one attached hydrogen (secondary N) is 1. The summed E-state index contributed by atoms with van der Waals surface area (Å²) < 4.78 is 16.9. The Hall–Kier alpha value is -2.55. The predicted molar refractivity (Wildman–Crippen MR) is 89.1 cm³/mol. The Labute approximate surface area is 145 Å². The molecule has 0 atom stereocenters. The highest BCUT2D eigenvalue weighted by Gasteiger charge is 2.19. The Balaban J connectivity index is 1.71. The lowest BCUT2D eigenvalue weighted by molar-refractivity contribution is 0.102. The highest BCUT2D eigenvalue weighted by Crippen LogP contribution is 2.20. The van der Waals surface area contributed by atoms with Crippen LogP contribution in [0.15, 0.2) is 35.1 Å². The molecule has 0 unspecified atom stereocenters. The van der Waals surface area contributed by atoms with E-state index in [2.05, 4.69) is 36.4 Å². The molecule has 24 heavy (non-hydrogen) atoms. The maximum atomic E-state index is 13.2. The van der Waals surface area contributed by atoms with E-state index >= 15 is 0 Å². The maximum absolute atomic E-state index is 13.2. The van der Waals surface area contributed by atoms with Crippen molar-refractivity contribution in [1.29, 1.82) is 0 Å². The summed E-state index contributed by atoms with van der Waals surface area (Å²) in [5, 5.41) is 10.9. The fourth-order valence-corrected chi connectivity index (χ4v) is 2.65. The van der Waals surface area contributed by atoms with Crippen molar-refractivity contribution in [2.75, 3.05) is 5.32 Å². The van der Waals surface area contributed by atoms with Crippen LogP contribution in [0.25, 0.3) is 0 Å². The first-order valence-corrected chi connectivity index (χ1v) is 7.87. The lowest BCUT2D eigenvalue weighted by Crippen LogP contribution is -2.15. The Bertz CT molecular complexity index is 903. The molecule has 0 spiro atoms. The number of hydrogen-bond acceptors (Lipinski definition) is 4. The quantitative estimate of drug-likeness (QED) is 0.739. The van der Waals surface area contributed by atoms with Gasteiger partial charge >= 0.3 is 0 Å². The van der Waals surface area contributed by atoms with Gasteiger partial charge in [0.15, 0.2) is 5.69 Å². The summed E-state index contributed by atoms with van der Waals surface area (Å²) in [5.41, 5.74) is 1.85. The molecule has 0 aliphatic rings. The van der Waals surface area contributed by atoms with Gasteiger partial charge in [0.05, 0.1) is 16.7 Å². The van der Waals surface area contributed by atoms with Crippen molar-refractivity contribution >= 4 is 27.8 Å². The van der Waals surface area contributed by atoms with Gasteiger partial charge in [-0.3, -0.25) is 14.8 Å². The number of amides is 1. The third-order valence-electron chi connectivity index (χ3n) is 3.47. The molecule has 0 radical (unpaired) electrons. The van der Waals surface area contributed by atoms with E-state index in [-0.39, 0.29) is 17.5 Å². The first kappa shape index (κ1) is 16.3. The fraction of sp³-hybridized carbons (Fsp3) is 0.200. The lowest BCUT2D eigenvalue weighted by atomic mass is 10.2. The minimum absolute atomic E-state index is 0.159. The Morgan fingerprint density at radius 1 is 1.38 bits per heavy atom. The Kier molecular flexibility index (Phi) is 4.43. The molecule has 9 heteroatoms. The van der Waals surface area contributed by atoms with Crippen molar-refractivity contribution < 1.29 is 9.18 Å². The summed E-state index contributed by atoms with van der Waals surface area (Å²) in [6.45, 7) is 2.20. The van der Waals surface area contributed by atoms with E-state index in [4.69, 9.17) is 0 Å². The zero-order valence-corrected chi connectivity index (χ0v) is 14.6. The van der Waals surface area contributed by atoms with Crippen LogP contribution in [0.3, 0.4) is 0 Å². The highest BCUT2D eigenvalue weighted by atomic mass is 79.9. The molecule has 0 bridgehead atoms. The monoisotopic (exact) mass is 392 g/mol. The normalized spacial score (nSPS) is 10.8. The molecule has 124 valence electrons. The summed E-state index contributed by atoms with van der Waals surface area (Å²) in [7, 11) is 1.75. The van der Waals surface area contributed by atoms with Gasteiger partial charge in [-0.15, -0.1) is 5.10 Å². The zero-order valence-electron chi connectivity index (χ0n) is 13.0. The molecule has 1 N–H and O–H groups in total. The molecule has 2 heterocycles. The molecular formula is C15H14BrFN6O. The fourth-order valence-electron chi connectivity index (χ4n) is 2.14. The van der Waals surface area contributed by atoms with Crippen molar-refractivity contribution in [2.24, 2.45) is 7.05 Å². The largest absolute Gasteiger partial charge is 0.288 e. The summed E-state index contributed by atoms with van der Waals surface area (Å²) in [4.78, 5) is 16.3. The molecule has 0 aliphatic carbocycles. The number of benzene rings is 1. The molecule has 1 aromatic carbocycles. The van der Waals surface area contributed by atoms with Gasteiger partial charge in [-0.05, 0) is 40.5 Å². The topological polar surface area (TPSA) is 77.6 Å². The van der Waals surface area contributed by atoms with E-state index in [0.717, 1.165) is 11.3 Å². The van der Waals surface area contributed by atoms with Crippen molar-refractivity contribution in [3.8, 4) is 0 Å². The van der Waals surface area contributed by atoms with Gasteiger partial charge in [-0.2, -0.15) is 5.10 Å². The van der Waals surface area contributed by atoms with Gasteiger partial charge in [0.2, 0.25) is 5.95 Å².